The Balaban J connectivity index is 2.12. The number of nitrogens with zero attached hydrogens (tertiary/aromatic N) is 3. The molecule has 2 aromatic carbocycles. The molecule has 0 radical (unpaired) electrons. The molecule has 20 heavy (non-hydrogen) atoms. The van der Waals surface area contributed by atoms with Crippen LogP contribution in [0.4, 0.5) is 0 Å². The highest BCUT2D eigenvalue weighted by Gasteiger charge is 2.14. The van der Waals surface area contributed by atoms with Crippen molar-refractivity contribution in [3.05, 3.63) is 53.3 Å². The van der Waals surface area contributed by atoms with Gasteiger partial charge in [0.2, 0.25) is 0 Å². The van der Waals surface area contributed by atoms with Crippen molar-refractivity contribution in [2.24, 2.45) is 7.05 Å². The van der Waals surface area contributed by atoms with Gasteiger partial charge in [0.15, 0.2) is 10.4 Å². The van der Waals surface area contributed by atoms with Gasteiger partial charge in [-0.3, -0.25) is 0 Å². The van der Waals surface area contributed by atoms with Crippen molar-refractivity contribution in [1.29, 1.82) is 0 Å². The number of para-hydroxylation sites is 4. The SMILES string of the molecule is Cn1c(=S)n(-c2nc3ccccc3o2)c2ccccc21. The molecular weight excluding hydrogens is 270 g/mol. The minimum absolute atomic E-state index is 0.507. The quantitative estimate of drug-likeness (QED) is 0.497. The Kier molecular flexibility index (Phi) is 2.31. The third kappa shape index (κ3) is 1.47. The van der Waals surface area contributed by atoms with E-state index in [9.17, 15) is 0 Å². The minimum atomic E-state index is 0.507. The lowest BCUT2D eigenvalue weighted by Gasteiger charge is -1.96. The van der Waals surface area contributed by atoms with Crippen LogP contribution in [-0.4, -0.2) is 14.1 Å². The molecule has 4 nitrogen and oxygen atoms in total. The lowest BCUT2D eigenvalue weighted by atomic mass is 10.3. The highest BCUT2D eigenvalue weighted by atomic mass is 32.1. The topological polar surface area (TPSA) is 35.9 Å². The van der Waals surface area contributed by atoms with Gasteiger partial charge in [-0.15, -0.1) is 0 Å². The van der Waals surface area contributed by atoms with Crippen LogP contribution in [0, 0.1) is 4.77 Å². The average molecular weight is 281 g/mol. The molecule has 0 atom stereocenters. The van der Waals surface area contributed by atoms with E-state index in [0.29, 0.717) is 10.8 Å². The summed E-state index contributed by atoms with van der Waals surface area (Å²) in [5, 5.41) is 0. The maximum Gasteiger partial charge on any atom is 0.309 e. The first-order valence-electron chi connectivity index (χ1n) is 6.28. The third-order valence-corrected chi connectivity index (χ3v) is 3.89. The Labute approximate surface area is 119 Å². The second kappa shape index (κ2) is 4.05. The van der Waals surface area contributed by atoms with Gasteiger partial charge < -0.3 is 8.98 Å². The van der Waals surface area contributed by atoms with E-state index in [1.165, 1.54) is 0 Å². The van der Waals surface area contributed by atoms with Crippen LogP contribution in [0.15, 0.2) is 52.9 Å². The lowest BCUT2D eigenvalue weighted by Crippen LogP contribution is -1.95. The number of hydrogen-bond acceptors (Lipinski definition) is 3. The molecule has 2 heterocycles. The van der Waals surface area contributed by atoms with E-state index in [0.717, 1.165) is 22.1 Å². The van der Waals surface area contributed by atoms with Crippen molar-refractivity contribution in [1.82, 2.24) is 14.1 Å². The number of rotatable bonds is 1. The summed E-state index contributed by atoms with van der Waals surface area (Å²) >= 11 is 5.51. The Hall–Kier alpha value is -2.40. The van der Waals surface area contributed by atoms with Crippen LogP contribution in [-0.2, 0) is 7.05 Å². The van der Waals surface area contributed by atoms with E-state index in [-0.39, 0.29) is 0 Å². The van der Waals surface area contributed by atoms with E-state index < -0.39 is 0 Å². The van der Waals surface area contributed by atoms with E-state index >= 15 is 0 Å². The number of imidazole rings is 1. The zero-order chi connectivity index (χ0) is 13.7. The molecule has 0 N–H and O–H groups in total. The van der Waals surface area contributed by atoms with Crippen molar-refractivity contribution in [3.8, 4) is 6.01 Å². The van der Waals surface area contributed by atoms with Crippen LogP contribution in [0.25, 0.3) is 28.1 Å². The van der Waals surface area contributed by atoms with Crippen molar-refractivity contribution in [2.45, 2.75) is 0 Å². The van der Waals surface area contributed by atoms with Crippen molar-refractivity contribution in [2.75, 3.05) is 0 Å². The summed E-state index contributed by atoms with van der Waals surface area (Å²) in [6, 6.07) is 16.2. The van der Waals surface area contributed by atoms with Crippen LogP contribution in [0.3, 0.4) is 0 Å². The predicted molar refractivity (Wildman–Crippen MR) is 80.6 cm³/mol. The molecular formula is C15H11N3OS. The van der Waals surface area contributed by atoms with Crippen molar-refractivity contribution >= 4 is 34.4 Å². The van der Waals surface area contributed by atoms with Gasteiger partial charge in [0.1, 0.15) is 5.52 Å². The summed E-state index contributed by atoms with van der Waals surface area (Å²) in [7, 11) is 1.95. The first-order chi connectivity index (χ1) is 9.75. The molecule has 0 aliphatic heterocycles. The zero-order valence-corrected chi connectivity index (χ0v) is 11.6. The van der Waals surface area contributed by atoms with E-state index in [1.807, 2.05) is 64.7 Å². The zero-order valence-electron chi connectivity index (χ0n) is 10.8. The molecule has 0 saturated heterocycles. The average Bonchev–Trinajstić information content (AvgIpc) is 3.00. The number of oxazole rings is 1. The molecule has 4 rings (SSSR count). The van der Waals surface area contributed by atoms with Gasteiger partial charge in [0.25, 0.3) is 0 Å². The normalized spacial score (nSPS) is 11.4. The van der Waals surface area contributed by atoms with Gasteiger partial charge in [0.05, 0.1) is 11.0 Å². The monoisotopic (exact) mass is 281 g/mol. The maximum absolute atomic E-state index is 5.83. The van der Waals surface area contributed by atoms with Crippen LogP contribution < -0.4 is 0 Å². The summed E-state index contributed by atoms with van der Waals surface area (Å²) in [4.78, 5) is 4.52. The maximum atomic E-state index is 5.83. The first-order valence-corrected chi connectivity index (χ1v) is 6.69. The molecule has 0 aliphatic rings. The van der Waals surface area contributed by atoms with E-state index in [4.69, 9.17) is 16.6 Å². The Morgan fingerprint density at radius 1 is 1.00 bits per heavy atom. The molecule has 98 valence electrons. The van der Waals surface area contributed by atoms with Gasteiger partial charge >= 0.3 is 6.01 Å². The predicted octanol–water partition coefficient (Wildman–Crippen LogP) is 3.84. The first kappa shape index (κ1) is 11.4. The highest BCUT2D eigenvalue weighted by Crippen LogP contribution is 2.24. The Bertz CT molecular complexity index is 960. The molecule has 0 aliphatic carbocycles. The smallest absolute Gasteiger partial charge is 0.309 e. The lowest BCUT2D eigenvalue weighted by molar-refractivity contribution is 0.564. The van der Waals surface area contributed by atoms with Crippen LogP contribution in [0.5, 0.6) is 0 Å². The Morgan fingerprint density at radius 2 is 1.70 bits per heavy atom. The van der Waals surface area contributed by atoms with E-state index in [2.05, 4.69) is 4.98 Å². The van der Waals surface area contributed by atoms with E-state index in [1.54, 1.807) is 0 Å². The second-order valence-electron chi connectivity index (χ2n) is 4.63. The fraction of sp³-hybridized carbons (Fsp3) is 0.0667. The van der Waals surface area contributed by atoms with Crippen molar-refractivity contribution < 1.29 is 4.42 Å². The van der Waals surface area contributed by atoms with Crippen molar-refractivity contribution in [3.63, 3.8) is 0 Å². The number of benzene rings is 2. The molecule has 0 amide bonds. The number of hydrogen-bond donors (Lipinski definition) is 0. The van der Waals surface area contributed by atoms with Crippen LogP contribution in [0.2, 0.25) is 0 Å². The third-order valence-electron chi connectivity index (χ3n) is 3.44. The summed E-state index contributed by atoms with van der Waals surface area (Å²) < 4.78 is 10.3. The number of aryl methyl sites for hydroxylation is 1. The molecule has 0 fully saturated rings. The summed E-state index contributed by atoms with van der Waals surface area (Å²) in [5.41, 5.74) is 3.64. The molecule has 0 spiro atoms. The number of aromatic nitrogens is 3. The van der Waals surface area contributed by atoms with Crippen LogP contribution in [0.1, 0.15) is 0 Å². The standard InChI is InChI=1S/C15H11N3OS/c1-17-11-7-3-4-8-12(11)18(15(17)20)14-16-10-6-2-5-9-13(10)19-14/h2-9H,1H3. The summed E-state index contributed by atoms with van der Waals surface area (Å²) in [6.07, 6.45) is 0. The molecule has 5 heteroatoms. The van der Waals surface area contributed by atoms with Crippen LogP contribution >= 0.6 is 12.2 Å². The van der Waals surface area contributed by atoms with Gasteiger partial charge in [-0.2, -0.15) is 4.98 Å². The molecule has 0 unspecified atom stereocenters. The van der Waals surface area contributed by atoms with Gasteiger partial charge in [-0.25, -0.2) is 4.57 Å². The second-order valence-corrected chi connectivity index (χ2v) is 5.00. The number of fused-ring (bicyclic) bond motifs is 2. The molecule has 4 aromatic rings. The fourth-order valence-corrected chi connectivity index (χ4v) is 2.71. The van der Waals surface area contributed by atoms with Gasteiger partial charge in [0, 0.05) is 7.05 Å². The molecule has 0 bridgehead atoms. The Morgan fingerprint density at radius 3 is 2.50 bits per heavy atom. The van der Waals surface area contributed by atoms with Gasteiger partial charge in [-0.1, -0.05) is 24.3 Å². The summed E-state index contributed by atoms with van der Waals surface area (Å²) in [5.74, 6) is 0. The fourth-order valence-electron chi connectivity index (χ4n) is 2.43. The minimum Gasteiger partial charge on any atom is -0.423 e. The van der Waals surface area contributed by atoms with Gasteiger partial charge in [-0.05, 0) is 36.5 Å². The highest BCUT2D eigenvalue weighted by molar-refractivity contribution is 7.71. The molecule has 0 saturated carbocycles. The summed E-state index contributed by atoms with van der Waals surface area (Å²) in [6.45, 7) is 0. The molecule has 2 aromatic heterocycles. The largest absolute Gasteiger partial charge is 0.423 e.